The van der Waals surface area contributed by atoms with Crippen molar-refractivity contribution in [3.63, 3.8) is 0 Å². The van der Waals surface area contributed by atoms with E-state index in [0.717, 1.165) is 5.56 Å². The second-order valence-corrected chi connectivity index (χ2v) is 9.36. The summed E-state index contributed by atoms with van der Waals surface area (Å²) >= 11 is 0. The first-order valence-electron chi connectivity index (χ1n) is 9.70. The highest BCUT2D eigenvalue weighted by Crippen LogP contribution is 2.25. The van der Waals surface area contributed by atoms with Crippen LogP contribution in [0.3, 0.4) is 0 Å². The molecule has 6 nitrogen and oxygen atoms in total. The van der Waals surface area contributed by atoms with Gasteiger partial charge in [-0.2, -0.15) is 0 Å². The van der Waals surface area contributed by atoms with Gasteiger partial charge in [0.25, 0.3) is 5.91 Å². The van der Waals surface area contributed by atoms with E-state index in [1.807, 2.05) is 43.3 Å². The van der Waals surface area contributed by atoms with Crippen LogP contribution >= 0.6 is 0 Å². The summed E-state index contributed by atoms with van der Waals surface area (Å²) in [5.41, 5.74) is 1.44. The van der Waals surface area contributed by atoms with E-state index >= 15 is 0 Å². The molecule has 0 aromatic heterocycles. The van der Waals surface area contributed by atoms with Crippen LogP contribution in [0.1, 0.15) is 31.2 Å². The molecule has 2 aromatic rings. The predicted octanol–water partition coefficient (Wildman–Crippen LogP) is 2.94. The Bertz CT molecular complexity index is 944. The van der Waals surface area contributed by atoms with Crippen molar-refractivity contribution in [2.75, 3.05) is 23.0 Å². The number of ether oxygens (including phenoxy) is 1. The third-order valence-corrected chi connectivity index (χ3v) is 6.86. The number of sulfone groups is 1. The Kier molecular flexibility index (Phi) is 6.69. The number of benzene rings is 2. The van der Waals surface area contributed by atoms with Crippen molar-refractivity contribution >= 4 is 27.4 Å². The summed E-state index contributed by atoms with van der Waals surface area (Å²) in [6.45, 7) is 1.47. The number of hydrogen-bond donors (Lipinski definition) is 0. The molecule has 0 bridgehead atoms. The molecule has 0 spiro atoms. The molecule has 1 fully saturated rings. The molecule has 7 heteroatoms. The number of anilines is 1. The molecule has 1 amide bonds. The van der Waals surface area contributed by atoms with Gasteiger partial charge >= 0.3 is 5.97 Å². The average molecular weight is 416 g/mol. The molecule has 2 aromatic carbocycles. The van der Waals surface area contributed by atoms with E-state index in [1.165, 1.54) is 4.90 Å². The van der Waals surface area contributed by atoms with Gasteiger partial charge in [0, 0.05) is 5.69 Å². The number of para-hydroxylation sites is 1. The lowest BCUT2D eigenvalue weighted by atomic mass is 9.97. The summed E-state index contributed by atoms with van der Waals surface area (Å²) in [6.07, 6.45) is 0.929. The topological polar surface area (TPSA) is 80.8 Å². The lowest BCUT2D eigenvalue weighted by Crippen LogP contribution is -2.43. The maximum absolute atomic E-state index is 12.9. The first-order chi connectivity index (χ1) is 13.9. The Hall–Kier alpha value is -2.67. The number of esters is 1. The SMILES string of the molecule is CC[C@H](C(=O)OCC(=O)N(c1ccccc1)[C@@H]1CCS(=O)(=O)C1)c1ccccc1. The van der Waals surface area contributed by atoms with Crippen LogP contribution in [0.2, 0.25) is 0 Å². The van der Waals surface area contributed by atoms with Gasteiger partial charge in [0.2, 0.25) is 0 Å². The molecule has 1 aliphatic heterocycles. The van der Waals surface area contributed by atoms with E-state index in [0.29, 0.717) is 18.5 Å². The van der Waals surface area contributed by atoms with Crippen LogP contribution in [-0.2, 0) is 24.2 Å². The monoisotopic (exact) mass is 415 g/mol. The quantitative estimate of drug-likeness (QED) is 0.650. The Labute approximate surface area is 171 Å². The molecule has 3 rings (SSSR count). The molecule has 154 valence electrons. The van der Waals surface area contributed by atoms with Crippen molar-refractivity contribution in [3.8, 4) is 0 Å². The average Bonchev–Trinajstić information content (AvgIpc) is 3.08. The highest BCUT2D eigenvalue weighted by molar-refractivity contribution is 7.91. The first kappa shape index (κ1) is 21.0. The van der Waals surface area contributed by atoms with Gasteiger partial charge in [-0.05, 0) is 30.5 Å². The molecule has 1 aliphatic rings. The zero-order chi connectivity index (χ0) is 20.9. The minimum atomic E-state index is -3.17. The normalized spacial score (nSPS) is 18.7. The number of carbonyl (C=O) groups is 2. The van der Waals surface area contributed by atoms with E-state index in [9.17, 15) is 18.0 Å². The summed E-state index contributed by atoms with van der Waals surface area (Å²) < 4.78 is 29.2. The smallest absolute Gasteiger partial charge is 0.313 e. The maximum Gasteiger partial charge on any atom is 0.313 e. The Morgan fingerprint density at radius 3 is 2.24 bits per heavy atom. The number of nitrogens with zero attached hydrogens (tertiary/aromatic N) is 1. The number of rotatable bonds is 7. The van der Waals surface area contributed by atoms with Gasteiger partial charge in [0.15, 0.2) is 16.4 Å². The predicted molar refractivity (Wildman–Crippen MR) is 111 cm³/mol. The van der Waals surface area contributed by atoms with Gasteiger partial charge in [0.05, 0.1) is 23.5 Å². The standard InChI is InChI=1S/C22H25NO5S/c1-2-20(17-9-5-3-6-10-17)22(25)28-15-21(24)23(18-11-7-4-8-12-18)19-13-14-29(26,27)16-19/h3-12,19-20H,2,13-16H2,1H3/t19-,20+/m1/s1. The molecular weight excluding hydrogens is 390 g/mol. The van der Waals surface area contributed by atoms with Crippen LogP contribution in [-0.4, -0.2) is 44.4 Å². The molecule has 1 heterocycles. The molecule has 29 heavy (non-hydrogen) atoms. The lowest BCUT2D eigenvalue weighted by molar-refractivity contribution is -0.149. The fraction of sp³-hybridized carbons (Fsp3) is 0.364. The largest absolute Gasteiger partial charge is 0.455 e. The van der Waals surface area contributed by atoms with Gasteiger partial charge in [0.1, 0.15) is 0 Å². The van der Waals surface area contributed by atoms with Crippen molar-refractivity contribution < 1.29 is 22.7 Å². The van der Waals surface area contributed by atoms with Crippen LogP contribution in [0.5, 0.6) is 0 Å². The Balaban J connectivity index is 1.72. The van der Waals surface area contributed by atoms with E-state index in [2.05, 4.69) is 0 Å². The third-order valence-electron chi connectivity index (χ3n) is 5.11. The van der Waals surface area contributed by atoms with Crippen molar-refractivity contribution in [1.82, 2.24) is 0 Å². The molecule has 0 aliphatic carbocycles. The molecule has 0 N–H and O–H groups in total. The molecule has 2 atom stereocenters. The lowest BCUT2D eigenvalue weighted by Gasteiger charge is -2.28. The van der Waals surface area contributed by atoms with Crippen molar-refractivity contribution in [3.05, 3.63) is 66.2 Å². The zero-order valence-electron chi connectivity index (χ0n) is 16.4. The van der Waals surface area contributed by atoms with E-state index in [1.54, 1.807) is 24.3 Å². The molecule has 0 unspecified atom stereocenters. The Morgan fingerprint density at radius 2 is 1.69 bits per heavy atom. The summed E-state index contributed by atoms with van der Waals surface area (Å²) in [5.74, 6) is -1.35. The number of hydrogen-bond acceptors (Lipinski definition) is 5. The van der Waals surface area contributed by atoms with Gasteiger partial charge < -0.3 is 9.64 Å². The Morgan fingerprint density at radius 1 is 1.07 bits per heavy atom. The van der Waals surface area contributed by atoms with Crippen LogP contribution in [0.15, 0.2) is 60.7 Å². The minimum Gasteiger partial charge on any atom is -0.455 e. The summed E-state index contributed by atoms with van der Waals surface area (Å²) in [4.78, 5) is 27.0. The van der Waals surface area contributed by atoms with E-state index in [-0.39, 0.29) is 11.5 Å². The minimum absolute atomic E-state index is 0.0555. The van der Waals surface area contributed by atoms with Gasteiger partial charge in [-0.3, -0.25) is 9.59 Å². The molecule has 0 radical (unpaired) electrons. The summed E-state index contributed by atoms with van der Waals surface area (Å²) in [6, 6.07) is 17.7. The molecular formula is C22H25NO5S. The van der Waals surface area contributed by atoms with Crippen molar-refractivity contribution in [2.45, 2.75) is 31.7 Å². The van der Waals surface area contributed by atoms with Gasteiger partial charge in [-0.25, -0.2) is 8.42 Å². The number of amides is 1. The van der Waals surface area contributed by atoms with E-state index in [4.69, 9.17) is 4.74 Å². The van der Waals surface area contributed by atoms with Gasteiger partial charge in [-0.1, -0.05) is 55.5 Å². The highest BCUT2D eigenvalue weighted by Gasteiger charge is 2.36. The van der Waals surface area contributed by atoms with Crippen molar-refractivity contribution in [1.29, 1.82) is 0 Å². The van der Waals surface area contributed by atoms with Crippen LogP contribution in [0.25, 0.3) is 0 Å². The number of carbonyl (C=O) groups excluding carboxylic acids is 2. The van der Waals surface area contributed by atoms with Crippen molar-refractivity contribution in [2.24, 2.45) is 0 Å². The van der Waals surface area contributed by atoms with Gasteiger partial charge in [-0.15, -0.1) is 0 Å². The second kappa shape index (κ2) is 9.22. The highest BCUT2D eigenvalue weighted by atomic mass is 32.2. The fourth-order valence-corrected chi connectivity index (χ4v) is 5.35. The van der Waals surface area contributed by atoms with E-state index < -0.39 is 40.3 Å². The van der Waals surface area contributed by atoms with Crippen LogP contribution < -0.4 is 4.90 Å². The fourth-order valence-electron chi connectivity index (χ4n) is 3.65. The zero-order valence-corrected chi connectivity index (χ0v) is 17.2. The summed E-state index contributed by atoms with van der Waals surface area (Å²) in [7, 11) is -3.17. The molecule has 1 saturated heterocycles. The summed E-state index contributed by atoms with van der Waals surface area (Å²) in [5, 5.41) is 0. The maximum atomic E-state index is 12.9. The van der Waals surface area contributed by atoms with Crippen LogP contribution in [0, 0.1) is 0 Å². The van der Waals surface area contributed by atoms with Crippen LogP contribution in [0.4, 0.5) is 5.69 Å². The first-order valence-corrected chi connectivity index (χ1v) is 11.5. The third kappa shape index (κ3) is 5.23. The second-order valence-electron chi connectivity index (χ2n) is 7.14. The molecule has 0 saturated carbocycles.